The van der Waals surface area contributed by atoms with Crippen molar-refractivity contribution in [1.82, 2.24) is 10.6 Å². The van der Waals surface area contributed by atoms with Crippen LogP contribution in [-0.2, 0) is 11.2 Å². The van der Waals surface area contributed by atoms with Gasteiger partial charge in [-0.25, -0.2) is 0 Å². The van der Waals surface area contributed by atoms with Crippen LogP contribution in [-0.4, -0.2) is 38.1 Å². The molecule has 0 fully saturated rings. The second-order valence-corrected chi connectivity index (χ2v) is 6.82. The average molecular weight is 390 g/mol. The van der Waals surface area contributed by atoms with Crippen LogP contribution in [0.4, 0.5) is 0 Å². The van der Waals surface area contributed by atoms with Gasteiger partial charge in [0.2, 0.25) is 5.91 Å². The van der Waals surface area contributed by atoms with Crippen LogP contribution in [0, 0.1) is 0 Å². The summed E-state index contributed by atoms with van der Waals surface area (Å²) >= 11 is 0. The molecule has 3 aromatic rings. The number of ether oxygens (including phenoxy) is 2. The maximum absolute atomic E-state index is 12.3. The second kappa shape index (κ2) is 8.65. The Bertz CT molecular complexity index is 1050. The van der Waals surface area contributed by atoms with Gasteiger partial charge in [0.05, 0.1) is 6.54 Å². The Balaban J connectivity index is 1.24. The zero-order valence-electron chi connectivity index (χ0n) is 15.9. The molecule has 0 saturated carbocycles. The van der Waals surface area contributed by atoms with E-state index in [1.807, 2.05) is 54.6 Å². The molecule has 0 saturated heterocycles. The van der Waals surface area contributed by atoms with E-state index in [0.29, 0.717) is 31.7 Å². The van der Waals surface area contributed by atoms with Crippen molar-refractivity contribution < 1.29 is 19.1 Å². The molecule has 2 amide bonds. The Morgan fingerprint density at radius 1 is 0.828 bits per heavy atom. The third-order valence-corrected chi connectivity index (χ3v) is 4.76. The number of benzene rings is 3. The van der Waals surface area contributed by atoms with Crippen LogP contribution >= 0.6 is 0 Å². The van der Waals surface area contributed by atoms with E-state index in [1.165, 1.54) is 0 Å². The number of carbonyl (C=O) groups is 2. The van der Waals surface area contributed by atoms with Gasteiger partial charge in [-0.2, -0.15) is 0 Å². The Morgan fingerprint density at radius 2 is 1.62 bits per heavy atom. The summed E-state index contributed by atoms with van der Waals surface area (Å²) in [4.78, 5) is 24.4. The molecule has 4 rings (SSSR count). The lowest BCUT2D eigenvalue weighted by Crippen LogP contribution is -2.37. The minimum atomic E-state index is -0.266. The molecule has 0 spiro atoms. The summed E-state index contributed by atoms with van der Waals surface area (Å²) < 4.78 is 11.1. The normalized spacial score (nSPS) is 12.4. The van der Waals surface area contributed by atoms with Crippen LogP contribution in [0.15, 0.2) is 60.7 Å². The molecule has 1 heterocycles. The molecular weight excluding hydrogens is 368 g/mol. The van der Waals surface area contributed by atoms with E-state index < -0.39 is 0 Å². The molecule has 148 valence electrons. The van der Waals surface area contributed by atoms with E-state index >= 15 is 0 Å². The van der Waals surface area contributed by atoms with Crippen molar-refractivity contribution in [3.8, 4) is 11.5 Å². The number of nitrogens with one attached hydrogen (secondary N) is 2. The largest absolute Gasteiger partial charge is 0.486 e. The van der Waals surface area contributed by atoms with E-state index in [9.17, 15) is 9.59 Å². The molecule has 29 heavy (non-hydrogen) atoms. The number of carbonyl (C=O) groups excluding carboxylic acids is 2. The Labute approximate surface area is 168 Å². The van der Waals surface area contributed by atoms with Gasteiger partial charge in [-0.1, -0.05) is 36.4 Å². The molecule has 2 N–H and O–H groups in total. The van der Waals surface area contributed by atoms with Gasteiger partial charge in [0, 0.05) is 12.1 Å². The third kappa shape index (κ3) is 4.66. The summed E-state index contributed by atoms with van der Waals surface area (Å²) in [6.45, 7) is 1.52. The third-order valence-electron chi connectivity index (χ3n) is 4.76. The minimum Gasteiger partial charge on any atom is -0.486 e. The molecule has 0 radical (unpaired) electrons. The van der Waals surface area contributed by atoms with E-state index in [-0.39, 0.29) is 18.4 Å². The molecule has 1 aliphatic heterocycles. The summed E-state index contributed by atoms with van der Waals surface area (Å²) in [7, 11) is 0. The molecule has 6 heteroatoms. The topological polar surface area (TPSA) is 76.7 Å². The standard InChI is InChI=1S/C23H22N2O4/c26-22(24-10-9-16-5-8-20-21(13-16)29-12-11-28-20)15-25-23(27)19-7-6-17-3-1-2-4-18(17)14-19/h1-8,13-14H,9-12,15H2,(H,24,26)(H,25,27). The van der Waals surface area contributed by atoms with Crippen molar-refractivity contribution in [1.29, 1.82) is 0 Å². The van der Waals surface area contributed by atoms with Crippen LogP contribution in [0.1, 0.15) is 15.9 Å². The Morgan fingerprint density at radius 3 is 2.48 bits per heavy atom. The fraction of sp³-hybridized carbons (Fsp3) is 0.217. The van der Waals surface area contributed by atoms with Gasteiger partial charge in [-0.3, -0.25) is 9.59 Å². The fourth-order valence-electron chi connectivity index (χ4n) is 3.25. The van der Waals surface area contributed by atoms with Gasteiger partial charge >= 0.3 is 0 Å². The summed E-state index contributed by atoms with van der Waals surface area (Å²) in [6, 6.07) is 19.1. The molecule has 3 aromatic carbocycles. The Hall–Kier alpha value is -3.54. The molecule has 0 aromatic heterocycles. The summed E-state index contributed by atoms with van der Waals surface area (Å²) in [5.74, 6) is 0.998. The lowest BCUT2D eigenvalue weighted by molar-refractivity contribution is -0.120. The quantitative estimate of drug-likeness (QED) is 0.679. The summed E-state index contributed by atoms with van der Waals surface area (Å²) in [6.07, 6.45) is 0.668. The van der Waals surface area contributed by atoms with Crippen molar-refractivity contribution in [3.63, 3.8) is 0 Å². The minimum absolute atomic E-state index is 0.0627. The van der Waals surface area contributed by atoms with Gasteiger partial charge in [-0.15, -0.1) is 0 Å². The predicted molar refractivity (Wildman–Crippen MR) is 110 cm³/mol. The number of hydrogen-bond donors (Lipinski definition) is 2. The lowest BCUT2D eigenvalue weighted by Gasteiger charge is -2.18. The average Bonchev–Trinajstić information content (AvgIpc) is 2.77. The Kier molecular flexibility index (Phi) is 5.61. The van der Waals surface area contributed by atoms with Crippen molar-refractivity contribution in [2.45, 2.75) is 6.42 Å². The van der Waals surface area contributed by atoms with Crippen molar-refractivity contribution in [2.75, 3.05) is 26.3 Å². The molecule has 6 nitrogen and oxygen atoms in total. The molecule has 1 aliphatic rings. The highest BCUT2D eigenvalue weighted by atomic mass is 16.6. The monoisotopic (exact) mass is 390 g/mol. The van der Waals surface area contributed by atoms with Crippen LogP contribution in [0.25, 0.3) is 10.8 Å². The molecule has 0 unspecified atom stereocenters. The van der Waals surface area contributed by atoms with Crippen LogP contribution < -0.4 is 20.1 Å². The summed E-state index contributed by atoms with van der Waals surface area (Å²) in [5.41, 5.74) is 1.59. The molecular formula is C23H22N2O4. The first-order valence-electron chi connectivity index (χ1n) is 9.61. The zero-order chi connectivity index (χ0) is 20.1. The van der Waals surface area contributed by atoms with Gasteiger partial charge in [-0.05, 0) is 47.0 Å². The van der Waals surface area contributed by atoms with Crippen LogP contribution in [0.2, 0.25) is 0 Å². The molecule has 0 atom stereocenters. The summed E-state index contributed by atoms with van der Waals surface area (Å²) in [5, 5.41) is 7.55. The number of hydrogen-bond acceptors (Lipinski definition) is 4. The van der Waals surface area contributed by atoms with Crippen LogP contribution in [0.3, 0.4) is 0 Å². The van der Waals surface area contributed by atoms with E-state index in [0.717, 1.165) is 27.8 Å². The highest BCUT2D eigenvalue weighted by molar-refractivity contribution is 5.99. The molecule has 0 bridgehead atoms. The number of fused-ring (bicyclic) bond motifs is 2. The van der Waals surface area contributed by atoms with Crippen molar-refractivity contribution in [2.24, 2.45) is 0 Å². The van der Waals surface area contributed by atoms with E-state index in [2.05, 4.69) is 10.6 Å². The predicted octanol–water partition coefficient (Wildman–Crippen LogP) is 2.70. The first-order chi connectivity index (χ1) is 14.2. The highest BCUT2D eigenvalue weighted by Gasteiger charge is 2.12. The fourth-order valence-corrected chi connectivity index (χ4v) is 3.25. The smallest absolute Gasteiger partial charge is 0.251 e. The van der Waals surface area contributed by atoms with Gasteiger partial charge in [0.15, 0.2) is 11.5 Å². The maximum Gasteiger partial charge on any atom is 0.251 e. The van der Waals surface area contributed by atoms with Gasteiger partial charge in [0.1, 0.15) is 13.2 Å². The SMILES string of the molecule is O=C(CNC(=O)c1ccc2ccccc2c1)NCCc1ccc2c(c1)OCCO2. The van der Waals surface area contributed by atoms with E-state index in [4.69, 9.17) is 9.47 Å². The van der Waals surface area contributed by atoms with Crippen molar-refractivity contribution in [3.05, 3.63) is 71.8 Å². The molecule has 0 aliphatic carbocycles. The zero-order valence-corrected chi connectivity index (χ0v) is 15.9. The first kappa shape index (κ1) is 18.8. The van der Waals surface area contributed by atoms with Gasteiger partial charge in [0.25, 0.3) is 5.91 Å². The second-order valence-electron chi connectivity index (χ2n) is 6.82. The number of rotatable bonds is 6. The maximum atomic E-state index is 12.3. The number of amides is 2. The van der Waals surface area contributed by atoms with Gasteiger partial charge < -0.3 is 20.1 Å². The highest BCUT2D eigenvalue weighted by Crippen LogP contribution is 2.30. The van der Waals surface area contributed by atoms with Crippen LogP contribution in [0.5, 0.6) is 11.5 Å². The first-order valence-corrected chi connectivity index (χ1v) is 9.61. The van der Waals surface area contributed by atoms with Crippen molar-refractivity contribution >= 4 is 22.6 Å². The lowest BCUT2D eigenvalue weighted by atomic mass is 10.1. The van der Waals surface area contributed by atoms with E-state index in [1.54, 1.807) is 6.07 Å².